The predicted molar refractivity (Wildman–Crippen MR) is 79.0 cm³/mol. The number of amides is 1. The zero-order valence-electron chi connectivity index (χ0n) is 10.9. The van der Waals surface area contributed by atoms with Crippen molar-refractivity contribution in [3.05, 3.63) is 78.6 Å². The summed E-state index contributed by atoms with van der Waals surface area (Å²) in [5.41, 5.74) is 7.76. The van der Waals surface area contributed by atoms with E-state index in [-0.39, 0.29) is 0 Å². The molecule has 100 valence electrons. The van der Waals surface area contributed by atoms with Gasteiger partial charge in [-0.25, -0.2) is 0 Å². The molecule has 0 unspecified atom stereocenters. The summed E-state index contributed by atoms with van der Waals surface area (Å²) in [6.45, 7) is 0. The van der Waals surface area contributed by atoms with E-state index in [1.165, 1.54) is 0 Å². The maximum Gasteiger partial charge on any atom is 0.249 e. The maximum absolute atomic E-state index is 11.2. The number of carbonyl (C=O) groups excluding carboxylic acids is 1. The molecule has 1 amide bonds. The molecule has 0 atom stereocenters. The maximum atomic E-state index is 11.2. The molecule has 4 nitrogen and oxygen atoms in total. The van der Waals surface area contributed by atoms with Gasteiger partial charge in [-0.1, -0.05) is 48.5 Å². The van der Waals surface area contributed by atoms with Gasteiger partial charge in [0.25, 0.3) is 0 Å². The Balaban J connectivity index is 0.000000247. The third kappa shape index (κ3) is 3.55. The summed E-state index contributed by atoms with van der Waals surface area (Å²) in [6, 6.07) is 18.9. The van der Waals surface area contributed by atoms with E-state index in [1.54, 1.807) is 18.5 Å². The summed E-state index contributed by atoms with van der Waals surface area (Å²) >= 11 is 0. The van der Waals surface area contributed by atoms with Crippen molar-refractivity contribution >= 4 is 5.91 Å². The number of hydrogen-bond acceptors (Lipinski definition) is 2. The highest BCUT2D eigenvalue weighted by Gasteiger charge is 2.07. The number of aromatic amines is 1. The van der Waals surface area contributed by atoms with E-state index in [0.717, 1.165) is 11.1 Å². The largest absolute Gasteiger partial charge is 0.366 e. The molecule has 3 N–H and O–H groups in total. The number of H-pyrrole nitrogens is 1. The van der Waals surface area contributed by atoms with Crippen LogP contribution >= 0.6 is 0 Å². The lowest BCUT2D eigenvalue weighted by molar-refractivity contribution is 0.100. The van der Waals surface area contributed by atoms with Gasteiger partial charge in [-0.3, -0.25) is 9.89 Å². The lowest BCUT2D eigenvalue weighted by atomic mass is 9.99. The molecule has 4 heteroatoms. The average Bonchev–Trinajstić information content (AvgIpc) is 3.08. The zero-order valence-corrected chi connectivity index (χ0v) is 10.9. The van der Waals surface area contributed by atoms with Crippen molar-refractivity contribution < 1.29 is 4.79 Å². The number of primary amides is 1. The van der Waals surface area contributed by atoms with Crippen molar-refractivity contribution in [2.24, 2.45) is 5.73 Å². The fraction of sp³-hybridized carbons (Fsp3) is 0. The molecular weight excluding hydrogens is 250 g/mol. The van der Waals surface area contributed by atoms with Gasteiger partial charge in [0.15, 0.2) is 0 Å². The number of rotatable bonds is 2. The Morgan fingerprint density at radius 2 is 1.65 bits per heavy atom. The van der Waals surface area contributed by atoms with Crippen LogP contribution < -0.4 is 5.73 Å². The number of carbonyl (C=O) groups is 1. The van der Waals surface area contributed by atoms with Gasteiger partial charge in [-0.2, -0.15) is 5.10 Å². The van der Waals surface area contributed by atoms with Gasteiger partial charge >= 0.3 is 0 Å². The number of nitrogens with one attached hydrogen (secondary N) is 1. The lowest BCUT2D eigenvalue weighted by Gasteiger charge is -2.05. The van der Waals surface area contributed by atoms with Crippen molar-refractivity contribution in [1.82, 2.24) is 10.2 Å². The first-order valence-corrected chi connectivity index (χ1v) is 6.17. The number of benzene rings is 2. The molecule has 0 radical (unpaired) electrons. The molecule has 0 spiro atoms. The first kappa shape index (κ1) is 13.5. The summed E-state index contributed by atoms with van der Waals surface area (Å²) in [4.78, 5) is 11.2. The van der Waals surface area contributed by atoms with Gasteiger partial charge in [0.05, 0.1) is 0 Å². The van der Waals surface area contributed by atoms with E-state index in [0.29, 0.717) is 5.56 Å². The smallest absolute Gasteiger partial charge is 0.249 e. The number of hydrogen-bond donors (Lipinski definition) is 2. The molecular formula is C16H15N3O. The van der Waals surface area contributed by atoms with E-state index >= 15 is 0 Å². The molecule has 0 aliphatic carbocycles. The van der Waals surface area contributed by atoms with Crippen LogP contribution in [0.2, 0.25) is 0 Å². The predicted octanol–water partition coefficient (Wildman–Crippen LogP) is 2.86. The Morgan fingerprint density at radius 3 is 2.20 bits per heavy atom. The quantitative estimate of drug-likeness (QED) is 0.747. The van der Waals surface area contributed by atoms with E-state index in [2.05, 4.69) is 10.2 Å². The van der Waals surface area contributed by atoms with E-state index in [1.807, 2.05) is 54.6 Å². The van der Waals surface area contributed by atoms with Gasteiger partial charge in [0, 0.05) is 18.0 Å². The van der Waals surface area contributed by atoms with Crippen LogP contribution in [-0.4, -0.2) is 16.1 Å². The van der Waals surface area contributed by atoms with Gasteiger partial charge in [0.2, 0.25) is 5.91 Å². The van der Waals surface area contributed by atoms with Crippen LogP contribution in [-0.2, 0) is 0 Å². The Morgan fingerprint density at radius 1 is 0.950 bits per heavy atom. The van der Waals surface area contributed by atoms with Gasteiger partial charge in [-0.15, -0.1) is 0 Å². The number of aromatic nitrogens is 2. The normalized spacial score (nSPS) is 9.40. The molecule has 1 aromatic heterocycles. The number of nitrogens with two attached hydrogens (primary N) is 1. The molecule has 20 heavy (non-hydrogen) atoms. The van der Waals surface area contributed by atoms with Crippen LogP contribution in [0.3, 0.4) is 0 Å². The van der Waals surface area contributed by atoms with Crippen molar-refractivity contribution in [3.63, 3.8) is 0 Å². The molecule has 0 aliphatic heterocycles. The van der Waals surface area contributed by atoms with Gasteiger partial charge in [0.1, 0.15) is 0 Å². The first-order chi connectivity index (χ1) is 9.79. The van der Waals surface area contributed by atoms with E-state index in [4.69, 9.17) is 5.73 Å². The molecule has 0 saturated carbocycles. The van der Waals surface area contributed by atoms with Gasteiger partial charge < -0.3 is 5.73 Å². The minimum Gasteiger partial charge on any atom is -0.366 e. The summed E-state index contributed by atoms with van der Waals surface area (Å²) < 4.78 is 0. The average molecular weight is 265 g/mol. The highest BCUT2D eigenvalue weighted by Crippen LogP contribution is 2.22. The minimum absolute atomic E-state index is 0.394. The fourth-order valence-corrected chi connectivity index (χ4v) is 1.78. The fourth-order valence-electron chi connectivity index (χ4n) is 1.78. The van der Waals surface area contributed by atoms with Crippen LogP contribution in [0, 0.1) is 0 Å². The third-order valence-electron chi connectivity index (χ3n) is 2.68. The Kier molecular flexibility index (Phi) is 4.67. The molecule has 3 rings (SSSR count). The summed E-state index contributed by atoms with van der Waals surface area (Å²) in [6.07, 6.45) is 3.46. The van der Waals surface area contributed by atoms with Crippen molar-refractivity contribution in [2.45, 2.75) is 0 Å². The van der Waals surface area contributed by atoms with Crippen LogP contribution in [0.15, 0.2) is 73.1 Å². The Labute approximate surface area is 117 Å². The van der Waals surface area contributed by atoms with Crippen molar-refractivity contribution in [2.75, 3.05) is 0 Å². The Bertz CT molecular complexity index is 631. The summed E-state index contributed by atoms with van der Waals surface area (Å²) in [5, 5.41) is 6.21. The highest BCUT2D eigenvalue weighted by atomic mass is 16.1. The SMILES string of the molecule is NC(=O)c1ccccc1-c1ccccc1.c1cn[nH]c1. The van der Waals surface area contributed by atoms with Crippen LogP contribution in [0.25, 0.3) is 11.1 Å². The molecule has 0 aliphatic rings. The molecule has 0 bridgehead atoms. The summed E-state index contributed by atoms with van der Waals surface area (Å²) in [5.74, 6) is -0.394. The molecule has 0 saturated heterocycles. The van der Waals surface area contributed by atoms with Crippen LogP contribution in [0.1, 0.15) is 10.4 Å². The summed E-state index contributed by atoms with van der Waals surface area (Å²) in [7, 11) is 0. The Hall–Kier alpha value is -2.88. The third-order valence-corrected chi connectivity index (χ3v) is 2.68. The second-order valence-corrected chi connectivity index (χ2v) is 4.04. The zero-order chi connectivity index (χ0) is 14.2. The van der Waals surface area contributed by atoms with Crippen LogP contribution in [0.5, 0.6) is 0 Å². The molecule has 0 fully saturated rings. The second-order valence-electron chi connectivity index (χ2n) is 4.04. The molecule has 1 heterocycles. The first-order valence-electron chi connectivity index (χ1n) is 6.17. The monoisotopic (exact) mass is 265 g/mol. The second kappa shape index (κ2) is 6.89. The van der Waals surface area contributed by atoms with Crippen molar-refractivity contribution in [3.8, 4) is 11.1 Å². The van der Waals surface area contributed by atoms with E-state index < -0.39 is 5.91 Å². The molecule has 2 aromatic carbocycles. The number of nitrogens with zero attached hydrogens (tertiary/aromatic N) is 1. The minimum atomic E-state index is -0.394. The topological polar surface area (TPSA) is 71.8 Å². The van der Waals surface area contributed by atoms with Crippen molar-refractivity contribution in [1.29, 1.82) is 0 Å². The standard InChI is InChI=1S/C13H11NO.C3H4N2/c14-13(15)12-9-5-4-8-11(12)10-6-2-1-3-7-10;1-2-4-5-3-1/h1-9H,(H2,14,15);1-3H,(H,4,5). The van der Waals surface area contributed by atoms with Crippen LogP contribution in [0.4, 0.5) is 0 Å². The van der Waals surface area contributed by atoms with E-state index in [9.17, 15) is 4.79 Å². The highest BCUT2D eigenvalue weighted by molar-refractivity contribution is 5.99. The molecule has 3 aromatic rings. The lowest BCUT2D eigenvalue weighted by Crippen LogP contribution is -2.12. The van der Waals surface area contributed by atoms with Gasteiger partial charge in [-0.05, 0) is 23.3 Å².